The van der Waals surface area contributed by atoms with E-state index < -0.39 is 11.9 Å². The fourth-order valence-electron chi connectivity index (χ4n) is 8.16. The summed E-state index contributed by atoms with van der Waals surface area (Å²) in [6.07, 6.45) is 16.5. The molecule has 0 fully saturated rings. The van der Waals surface area contributed by atoms with Crippen LogP contribution in [-0.4, -0.2) is 48.1 Å². The Hall–Kier alpha value is -2.96. The van der Waals surface area contributed by atoms with Crippen LogP contribution in [0.5, 0.6) is 0 Å². The molecular weight excluding hydrogens is 721 g/mol. The van der Waals surface area contributed by atoms with E-state index in [9.17, 15) is 14.7 Å². The first-order chi connectivity index (χ1) is 27.2. The normalized spacial score (nSPS) is 15.8. The van der Waals surface area contributed by atoms with Crippen LogP contribution in [0.3, 0.4) is 0 Å². The molecule has 0 amide bonds. The Morgan fingerprint density at radius 3 is 1.48 bits per heavy atom. The zero-order chi connectivity index (χ0) is 43.6. The first kappa shape index (κ1) is 51.2. The van der Waals surface area contributed by atoms with Crippen molar-refractivity contribution in [3.63, 3.8) is 0 Å². The van der Waals surface area contributed by atoms with Gasteiger partial charge in [-0.15, -0.1) is 0 Å². The average molecular weight is 805 g/mol. The highest BCUT2D eigenvalue weighted by molar-refractivity contribution is 6.02. The van der Waals surface area contributed by atoms with Crippen LogP contribution in [0.4, 0.5) is 0 Å². The number of esters is 1. The van der Waals surface area contributed by atoms with E-state index in [4.69, 9.17) is 14.2 Å². The van der Waals surface area contributed by atoms with Crippen molar-refractivity contribution in [1.82, 2.24) is 0 Å². The summed E-state index contributed by atoms with van der Waals surface area (Å²) in [5.74, 6) is 0.239. The maximum atomic E-state index is 13.2. The van der Waals surface area contributed by atoms with Crippen LogP contribution in [-0.2, 0) is 14.2 Å². The molecule has 1 N–H and O–H groups in total. The molecule has 0 heterocycles. The number of hydrogen-bond donors (Lipinski definition) is 1. The highest BCUT2D eigenvalue weighted by atomic mass is 16.5. The molecule has 2 aromatic carbocycles. The van der Waals surface area contributed by atoms with Crippen molar-refractivity contribution in [3.05, 3.63) is 71.3 Å². The summed E-state index contributed by atoms with van der Waals surface area (Å²) in [7, 11) is 0. The molecule has 6 nitrogen and oxygen atoms in total. The molecule has 0 aliphatic carbocycles. The minimum absolute atomic E-state index is 0.0190. The number of allylic oxidation sites excluding steroid dienone is 2. The fourth-order valence-corrected chi connectivity index (χ4v) is 8.16. The number of carboxylic acids is 1. The summed E-state index contributed by atoms with van der Waals surface area (Å²) in [6.45, 7) is 31.9. The highest BCUT2D eigenvalue weighted by Crippen LogP contribution is 2.43. The van der Waals surface area contributed by atoms with E-state index in [0.29, 0.717) is 41.1 Å². The van der Waals surface area contributed by atoms with E-state index in [2.05, 4.69) is 96.1 Å². The van der Waals surface area contributed by atoms with Gasteiger partial charge in [-0.3, -0.25) is 0 Å². The maximum absolute atomic E-state index is 13.2. The van der Waals surface area contributed by atoms with Gasteiger partial charge in [-0.25, -0.2) is 9.59 Å². The molecule has 2 rings (SSSR count). The van der Waals surface area contributed by atoms with Crippen LogP contribution in [0, 0.1) is 28.6 Å². The number of rotatable bonds is 29. The molecule has 0 aliphatic heterocycles. The zero-order valence-corrected chi connectivity index (χ0v) is 39.2. The maximum Gasteiger partial charge on any atom is 0.338 e. The van der Waals surface area contributed by atoms with Gasteiger partial charge in [0.05, 0.1) is 28.9 Å². The van der Waals surface area contributed by atoms with Crippen molar-refractivity contribution >= 4 is 11.9 Å². The molecule has 58 heavy (non-hydrogen) atoms. The van der Waals surface area contributed by atoms with Crippen molar-refractivity contribution < 1.29 is 28.9 Å². The Balaban J connectivity index is 1.77. The summed E-state index contributed by atoms with van der Waals surface area (Å²) in [4.78, 5) is 25.0. The van der Waals surface area contributed by atoms with Crippen LogP contribution in [0.1, 0.15) is 194 Å². The third-order valence-electron chi connectivity index (χ3n) is 13.9. The molecule has 5 atom stereocenters. The second-order valence-electron chi connectivity index (χ2n) is 19.5. The third-order valence-corrected chi connectivity index (χ3v) is 13.9. The lowest BCUT2D eigenvalue weighted by atomic mass is 9.70. The Morgan fingerprint density at radius 2 is 1.03 bits per heavy atom. The van der Waals surface area contributed by atoms with Crippen LogP contribution < -0.4 is 0 Å². The first-order valence-electron chi connectivity index (χ1n) is 22.7. The molecule has 0 bridgehead atoms. The van der Waals surface area contributed by atoms with Crippen molar-refractivity contribution in [2.45, 2.75) is 185 Å². The standard InChI is InChI=1S/C52H84O6/c1-14-51(12,57-37-32-40(5)24-20-23-39(3)4)50(10,11)35-22-26-42(7)33-38-58-52(13,15-2)49(8,9)34-21-25-41(6)31-36-56-48(55)46-30-19-17-28-44(46)43-27-16-18-29-45(43)47(53)54/h16-19,23,27-30,40-42H,14-15,20-22,24-26,31-38H2,1-13H3,(H,53,54). The van der Waals surface area contributed by atoms with E-state index in [1.807, 2.05) is 6.07 Å². The van der Waals surface area contributed by atoms with Gasteiger partial charge in [0.2, 0.25) is 0 Å². The van der Waals surface area contributed by atoms with Gasteiger partial charge < -0.3 is 19.3 Å². The smallest absolute Gasteiger partial charge is 0.338 e. The molecular formula is C52H84O6. The second kappa shape index (κ2) is 24.3. The van der Waals surface area contributed by atoms with Gasteiger partial charge >= 0.3 is 11.9 Å². The molecule has 0 radical (unpaired) electrons. The van der Waals surface area contributed by atoms with Crippen LogP contribution in [0.15, 0.2) is 60.2 Å². The fraction of sp³-hybridized carbons (Fsp3) is 0.692. The lowest BCUT2D eigenvalue weighted by Gasteiger charge is -2.44. The van der Waals surface area contributed by atoms with Gasteiger partial charge in [0, 0.05) is 13.2 Å². The molecule has 6 heteroatoms. The van der Waals surface area contributed by atoms with Crippen LogP contribution >= 0.6 is 0 Å². The van der Waals surface area contributed by atoms with Gasteiger partial charge in [0.15, 0.2) is 0 Å². The second-order valence-corrected chi connectivity index (χ2v) is 19.5. The predicted molar refractivity (Wildman–Crippen MR) is 244 cm³/mol. The van der Waals surface area contributed by atoms with Crippen molar-refractivity contribution in [1.29, 1.82) is 0 Å². The van der Waals surface area contributed by atoms with Crippen LogP contribution in [0.2, 0.25) is 0 Å². The average Bonchev–Trinajstić information content (AvgIpc) is 3.17. The van der Waals surface area contributed by atoms with E-state index in [-0.39, 0.29) is 27.6 Å². The summed E-state index contributed by atoms with van der Waals surface area (Å²) in [6, 6.07) is 13.8. The highest BCUT2D eigenvalue weighted by Gasteiger charge is 2.41. The first-order valence-corrected chi connectivity index (χ1v) is 22.7. The number of carbonyl (C=O) groups is 2. The third kappa shape index (κ3) is 15.9. The molecule has 5 unspecified atom stereocenters. The Morgan fingerprint density at radius 1 is 0.621 bits per heavy atom. The number of hydrogen-bond acceptors (Lipinski definition) is 5. The van der Waals surface area contributed by atoms with Gasteiger partial charge in [0.25, 0.3) is 0 Å². The lowest BCUT2D eigenvalue weighted by Crippen LogP contribution is -2.44. The zero-order valence-electron chi connectivity index (χ0n) is 39.2. The van der Waals surface area contributed by atoms with E-state index in [1.165, 1.54) is 24.8 Å². The summed E-state index contributed by atoms with van der Waals surface area (Å²) in [5, 5.41) is 9.69. The number of ether oxygens (including phenoxy) is 3. The summed E-state index contributed by atoms with van der Waals surface area (Å²) >= 11 is 0. The molecule has 0 spiro atoms. The quantitative estimate of drug-likeness (QED) is 0.0651. The molecule has 0 saturated heterocycles. The van der Waals surface area contributed by atoms with Gasteiger partial charge in [-0.1, -0.05) is 136 Å². The topological polar surface area (TPSA) is 82.1 Å². The number of aromatic carboxylic acids is 1. The van der Waals surface area contributed by atoms with Gasteiger partial charge in [-0.05, 0) is 137 Å². The Kier molecular flexibility index (Phi) is 21.5. The van der Waals surface area contributed by atoms with Gasteiger partial charge in [0.1, 0.15) is 0 Å². The van der Waals surface area contributed by atoms with Crippen molar-refractivity contribution in [2.75, 3.05) is 19.8 Å². The lowest BCUT2D eigenvalue weighted by molar-refractivity contribution is -0.122. The van der Waals surface area contributed by atoms with E-state index in [0.717, 1.165) is 77.4 Å². The number of carboxylic acid groups (broad SMARTS) is 1. The number of benzene rings is 2. The Labute approximate surface area is 355 Å². The van der Waals surface area contributed by atoms with Crippen LogP contribution in [0.25, 0.3) is 11.1 Å². The van der Waals surface area contributed by atoms with E-state index >= 15 is 0 Å². The SMILES string of the molecule is CCC(C)(OCCC(C)CCC=C(C)C)C(C)(C)CCCC(C)CCOC(C)(CC)C(C)(C)CCCC(C)CCOC(=O)c1ccccc1-c1ccccc1C(=O)O. The Bertz CT molecular complexity index is 1550. The molecule has 2 aromatic rings. The van der Waals surface area contributed by atoms with E-state index in [1.54, 1.807) is 42.5 Å². The van der Waals surface area contributed by atoms with Crippen molar-refractivity contribution in [3.8, 4) is 11.1 Å². The molecule has 328 valence electrons. The predicted octanol–water partition coefficient (Wildman–Crippen LogP) is 14.8. The summed E-state index contributed by atoms with van der Waals surface area (Å²) in [5.41, 5.74) is 2.83. The minimum atomic E-state index is -1.03. The largest absolute Gasteiger partial charge is 0.478 e. The molecule has 0 aliphatic rings. The van der Waals surface area contributed by atoms with Gasteiger partial charge in [-0.2, -0.15) is 0 Å². The molecule has 0 aromatic heterocycles. The molecule has 0 saturated carbocycles. The van der Waals surface area contributed by atoms with Crippen molar-refractivity contribution in [2.24, 2.45) is 28.6 Å². The number of carbonyl (C=O) groups excluding carboxylic acids is 1. The minimum Gasteiger partial charge on any atom is -0.478 e. The summed E-state index contributed by atoms with van der Waals surface area (Å²) < 4.78 is 19.2. The monoisotopic (exact) mass is 805 g/mol.